The highest BCUT2D eigenvalue weighted by atomic mass is 16.1. The van der Waals surface area contributed by atoms with Crippen LogP contribution in [0.15, 0.2) is 24.3 Å². The van der Waals surface area contributed by atoms with Gasteiger partial charge in [-0.25, -0.2) is 4.98 Å². The molecule has 1 saturated heterocycles. The molecule has 29 heavy (non-hydrogen) atoms. The topological polar surface area (TPSA) is 93.9 Å². The molecule has 7 nitrogen and oxygen atoms in total. The van der Waals surface area contributed by atoms with Gasteiger partial charge in [0, 0.05) is 43.0 Å². The van der Waals surface area contributed by atoms with Crippen LogP contribution in [0.4, 0.5) is 17.5 Å². The van der Waals surface area contributed by atoms with Crippen LogP contribution >= 0.6 is 0 Å². The fraction of sp³-hybridized carbons (Fsp3) is 0.455. The molecule has 1 aliphatic rings. The van der Waals surface area contributed by atoms with Gasteiger partial charge in [0.05, 0.1) is 11.6 Å². The first-order valence-corrected chi connectivity index (χ1v) is 10.2. The number of carbonyl (C=O) groups is 1. The van der Waals surface area contributed by atoms with E-state index in [1.165, 1.54) is 0 Å². The summed E-state index contributed by atoms with van der Waals surface area (Å²) in [6.07, 6.45) is 3.27. The Labute approximate surface area is 172 Å². The van der Waals surface area contributed by atoms with Crippen molar-refractivity contribution >= 4 is 23.4 Å². The predicted molar refractivity (Wildman–Crippen MR) is 114 cm³/mol. The first kappa shape index (κ1) is 20.6. The van der Waals surface area contributed by atoms with Gasteiger partial charge in [-0.1, -0.05) is 26.3 Å². The van der Waals surface area contributed by atoms with Crippen LogP contribution in [0.3, 0.4) is 0 Å². The fourth-order valence-corrected chi connectivity index (χ4v) is 3.45. The number of aromatic nitrogens is 2. The van der Waals surface area contributed by atoms with Gasteiger partial charge in [-0.2, -0.15) is 10.2 Å². The van der Waals surface area contributed by atoms with Crippen LogP contribution in [-0.4, -0.2) is 35.0 Å². The molecular formula is C22H28N6O. The summed E-state index contributed by atoms with van der Waals surface area (Å²) in [6, 6.07) is 10.1. The van der Waals surface area contributed by atoms with Crippen molar-refractivity contribution in [3.63, 3.8) is 0 Å². The molecule has 0 spiro atoms. The van der Waals surface area contributed by atoms with E-state index in [4.69, 9.17) is 4.98 Å². The average Bonchev–Trinajstić information content (AvgIpc) is 3.18. The van der Waals surface area contributed by atoms with E-state index in [9.17, 15) is 10.1 Å². The SMILES string of the molecule is CCCc1cc(N2CC[C@H](NC(=O)CC)C2)nc(Nc2ccc(C)c(C#N)c2)n1. The number of nitriles is 1. The number of anilines is 3. The number of amides is 1. The number of hydrogen-bond donors (Lipinski definition) is 2. The average molecular weight is 393 g/mol. The Morgan fingerprint density at radius 1 is 1.31 bits per heavy atom. The molecule has 1 aromatic heterocycles. The maximum Gasteiger partial charge on any atom is 0.229 e. The largest absolute Gasteiger partial charge is 0.354 e. The van der Waals surface area contributed by atoms with Gasteiger partial charge in [-0.05, 0) is 37.5 Å². The van der Waals surface area contributed by atoms with Crippen molar-refractivity contribution in [2.75, 3.05) is 23.3 Å². The number of aryl methyl sites for hydroxylation is 2. The predicted octanol–water partition coefficient (Wildman–Crippen LogP) is 3.46. The minimum atomic E-state index is 0.0845. The standard InChI is InChI=1S/C22H28N6O/c1-4-6-17-12-20(28-10-9-19(14-28)24-21(29)5-2)27-22(25-17)26-18-8-7-15(3)16(11-18)13-23/h7-8,11-12,19H,4-6,9-10,14H2,1-3H3,(H,24,29)(H,25,26,27)/t19-/m0/s1. The van der Waals surface area contributed by atoms with E-state index in [-0.39, 0.29) is 11.9 Å². The van der Waals surface area contributed by atoms with Crippen molar-refractivity contribution < 1.29 is 4.79 Å². The Hall–Kier alpha value is -3.14. The third-order valence-electron chi connectivity index (χ3n) is 5.08. The highest BCUT2D eigenvalue weighted by Gasteiger charge is 2.25. The molecule has 1 amide bonds. The van der Waals surface area contributed by atoms with Crippen molar-refractivity contribution in [2.24, 2.45) is 0 Å². The van der Waals surface area contributed by atoms with Gasteiger partial charge in [0.15, 0.2) is 0 Å². The molecule has 1 fully saturated rings. The number of nitrogens with zero attached hydrogens (tertiary/aromatic N) is 4. The van der Waals surface area contributed by atoms with Gasteiger partial charge in [-0.3, -0.25) is 4.79 Å². The molecule has 1 aliphatic heterocycles. The van der Waals surface area contributed by atoms with Crippen LogP contribution in [0.25, 0.3) is 0 Å². The molecule has 0 radical (unpaired) electrons. The summed E-state index contributed by atoms with van der Waals surface area (Å²) in [6.45, 7) is 7.50. The van der Waals surface area contributed by atoms with Crippen molar-refractivity contribution in [1.82, 2.24) is 15.3 Å². The molecule has 3 rings (SSSR count). The van der Waals surface area contributed by atoms with E-state index in [0.717, 1.165) is 55.1 Å². The second kappa shape index (κ2) is 9.37. The molecule has 2 heterocycles. The second-order valence-electron chi connectivity index (χ2n) is 7.41. The zero-order valence-corrected chi connectivity index (χ0v) is 17.3. The number of nitrogens with one attached hydrogen (secondary N) is 2. The Morgan fingerprint density at radius 2 is 2.14 bits per heavy atom. The maximum absolute atomic E-state index is 11.7. The smallest absolute Gasteiger partial charge is 0.229 e. The summed E-state index contributed by atoms with van der Waals surface area (Å²) in [5, 5.41) is 15.6. The quantitative estimate of drug-likeness (QED) is 0.749. The summed E-state index contributed by atoms with van der Waals surface area (Å²) in [5.41, 5.74) is 3.35. The highest BCUT2D eigenvalue weighted by molar-refractivity contribution is 5.76. The lowest BCUT2D eigenvalue weighted by atomic mass is 10.1. The van der Waals surface area contributed by atoms with Crippen molar-refractivity contribution in [3.8, 4) is 6.07 Å². The molecule has 0 aliphatic carbocycles. The summed E-state index contributed by atoms with van der Waals surface area (Å²) >= 11 is 0. The molecule has 152 valence electrons. The molecule has 2 aromatic rings. The summed E-state index contributed by atoms with van der Waals surface area (Å²) in [7, 11) is 0. The number of rotatable bonds is 7. The first-order chi connectivity index (χ1) is 14.0. The summed E-state index contributed by atoms with van der Waals surface area (Å²) in [5.74, 6) is 1.48. The van der Waals surface area contributed by atoms with Crippen LogP contribution in [0, 0.1) is 18.3 Å². The Bertz CT molecular complexity index is 920. The van der Waals surface area contributed by atoms with Gasteiger partial charge in [-0.15, -0.1) is 0 Å². The van der Waals surface area contributed by atoms with Crippen LogP contribution in [0.1, 0.15) is 49.9 Å². The zero-order valence-electron chi connectivity index (χ0n) is 17.3. The van der Waals surface area contributed by atoms with E-state index in [0.29, 0.717) is 17.9 Å². The number of benzene rings is 1. The van der Waals surface area contributed by atoms with E-state index in [1.807, 2.05) is 38.1 Å². The highest BCUT2D eigenvalue weighted by Crippen LogP contribution is 2.24. The van der Waals surface area contributed by atoms with Crippen LogP contribution < -0.4 is 15.5 Å². The zero-order chi connectivity index (χ0) is 20.8. The van der Waals surface area contributed by atoms with E-state index in [2.05, 4.69) is 33.5 Å². The van der Waals surface area contributed by atoms with Crippen LogP contribution in [-0.2, 0) is 11.2 Å². The molecule has 0 saturated carbocycles. The first-order valence-electron chi connectivity index (χ1n) is 10.2. The molecule has 0 bridgehead atoms. The lowest BCUT2D eigenvalue weighted by Crippen LogP contribution is -2.36. The van der Waals surface area contributed by atoms with Crippen molar-refractivity contribution in [1.29, 1.82) is 5.26 Å². The lowest BCUT2D eigenvalue weighted by Gasteiger charge is -2.20. The third-order valence-corrected chi connectivity index (χ3v) is 5.08. The summed E-state index contributed by atoms with van der Waals surface area (Å²) in [4.78, 5) is 23.3. The number of carbonyl (C=O) groups excluding carboxylic acids is 1. The Kier molecular flexibility index (Phi) is 6.65. The summed E-state index contributed by atoms with van der Waals surface area (Å²) < 4.78 is 0. The van der Waals surface area contributed by atoms with Crippen molar-refractivity contribution in [2.45, 2.75) is 52.5 Å². The number of hydrogen-bond acceptors (Lipinski definition) is 6. The molecule has 2 N–H and O–H groups in total. The van der Waals surface area contributed by atoms with Gasteiger partial charge < -0.3 is 15.5 Å². The van der Waals surface area contributed by atoms with Gasteiger partial charge in [0.25, 0.3) is 0 Å². The molecule has 1 aromatic carbocycles. The minimum absolute atomic E-state index is 0.0845. The van der Waals surface area contributed by atoms with E-state index >= 15 is 0 Å². The Morgan fingerprint density at radius 3 is 2.86 bits per heavy atom. The molecule has 0 unspecified atom stereocenters. The molecule has 1 atom stereocenters. The van der Waals surface area contributed by atoms with Gasteiger partial charge in [0.2, 0.25) is 11.9 Å². The van der Waals surface area contributed by atoms with Crippen molar-refractivity contribution in [3.05, 3.63) is 41.1 Å². The third kappa shape index (κ3) is 5.23. The maximum atomic E-state index is 11.7. The van der Waals surface area contributed by atoms with Crippen LogP contribution in [0.2, 0.25) is 0 Å². The fourth-order valence-electron chi connectivity index (χ4n) is 3.45. The lowest BCUT2D eigenvalue weighted by molar-refractivity contribution is -0.121. The molecular weight excluding hydrogens is 364 g/mol. The second-order valence-corrected chi connectivity index (χ2v) is 7.41. The molecule has 7 heteroatoms. The van der Waals surface area contributed by atoms with Crippen LogP contribution in [0.5, 0.6) is 0 Å². The van der Waals surface area contributed by atoms with Gasteiger partial charge in [0.1, 0.15) is 5.82 Å². The van der Waals surface area contributed by atoms with E-state index < -0.39 is 0 Å². The monoisotopic (exact) mass is 392 g/mol. The Balaban J connectivity index is 1.81. The normalized spacial score (nSPS) is 15.8. The minimum Gasteiger partial charge on any atom is -0.354 e. The van der Waals surface area contributed by atoms with Gasteiger partial charge >= 0.3 is 0 Å². The van der Waals surface area contributed by atoms with E-state index in [1.54, 1.807) is 0 Å².